The normalized spacial score (nSPS) is 15.3. The first-order valence-electron chi connectivity index (χ1n) is 12.3. The average Bonchev–Trinajstić information content (AvgIpc) is 3.30. The molecule has 1 aromatic heterocycles. The van der Waals surface area contributed by atoms with E-state index in [1.54, 1.807) is 31.3 Å². The zero-order valence-electron chi connectivity index (χ0n) is 22.4. The fourth-order valence-electron chi connectivity index (χ4n) is 4.42. The highest BCUT2D eigenvalue weighted by molar-refractivity contribution is 6.00. The molecule has 0 radical (unpaired) electrons. The summed E-state index contributed by atoms with van der Waals surface area (Å²) in [6, 6.07) is 12.0. The number of urea groups is 1. The van der Waals surface area contributed by atoms with Crippen LogP contribution in [0.25, 0.3) is 10.9 Å². The molecular weight excluding hydrogens is 502 g/mol. The zero-order chi connectivity index (χ0) is 28.1. The van der Waals surface area contributed by atoms with Crippen LogP contribution in [-0.2, 0) is 14.3 Å². The maximum Gasteiger partial charge on any atom is 0.337 e. The number of hydrogen-bond acceptors (Lipinski definition) is 7. The number of carbonyl (C=O) groups is 3. The van der Waals surface area contributed by atoms with Gasteiger partial charge in [0.1, 0.15) is 0 Å². The van der Waals surface area contributed by atoms with Crippen LogP contribution in [0, 0.1) is 0 Å². The van der Waals surface area contributed by atoms with Crippen LogP contribution >= 0.6 is 0 Å². The summed E-state index contributed by atoms with van der Waals surface area (Å²) in [5, 5.41) is 10.4. The molecule has 11 heteroatoms. The van der Waals surface area contributed by atoms with Crippen molar-refractivity contribution in [2.24, 2.45) is 5.10 Å². The Morgan fingerprint density at radius 1 is 1.15 bits per heavy atom. The largest absolute Gasteiger partial charge is 0.493 e. The molecule has 0 fully saturated rings. The Morgan fingerprint density at radius 2 is 1.92 bits per heavy atom. The number of allylic oxidation sites excluding steroid dienone is 1. The van der Waals surface area contributed by atoms with Crippen LogP contribution < -0.4 is 25.5 Å². The van der Waals surface area contributed by atoms with Crippen molar-refractivity contribution in [3.63, 3.8) is 0 Å². The maximum absolute atomic E-state index is 12.4. The predicted molar refractivity (Wildman–Crippen MR) is 146 cm³/mol. The van der Waals surface area contributed by atoms with E-state index < -0.39 is 23.9 Å². The zero-order valence-corrected chi connectivity index (χ0v) is 22.4. The van der Waals surface area contributed by atoms with E-state index in [1.165, 1.54) is 14.2 Å². The molecule has 3 N–H and O–H groups in total. The smallest absolute Gasteiger partial charge is 0.337 e. The summed E-state index contributed by atoms with van der Waals surface area (Å²) in [5.74, 6) is -0.404. The molecule has 0 aliphatic carbocycles. The van der Waals surface area contributed by atoms with Gasteiger partial charge in [-0.05, 0) is 44.5 Å². The van der Waals surface area contributed by atoms with Crippen molar-refractivity contribution in [2.45, 2.75) is 32.9 Å². The van der Waals surface area contributed by atoms with Crippen molar-refractivity contribution in [1.29, 1.82) is 0 Å². The van der Waals surface area contributed by atoms with Gasteiger partial charge in [-0.1, -0.05) is 24.3 Å². The summed E-state index contributed by atoms with van der Waals surface area (Å²) < 4.78 is 18.1. The molecule has 0 saturated heterocycles. The molecule has 1 atom stereocenters. The molecule has 11 nitrogen and oxygen atoms in total. The lowest BCUT2D eigenvalue weighted by Gasteiger charge is -2.28. The lowest BCUT2D eigenvalue weighted by atomic mass is 9.95. The summed E-state index contributed by atoms with van der Waals surface area (Å²) in [6.07, 6.45) is 3.61. The molecule has 0 bridgehead atoms. The Morgan fingerprint density at radius 3 is 2.64 bits per heavy atom. The molecule has 0 saturated carbocycles. The number of hydrazone groups is 1. The number of rotatable bonds is 9. The van der Waals surface area contributed by atoms with E-state index in [0.29, 0.717) is 22.8 Å². The van der Waals surface area contributed by atoms with Crippen LogP contribution in [0.1, 0.15) is 44.0 Å². The number of benzene rings is 2. The van der Waals surface area contributed by atoms with Crippen molar-refractivity contribution >= 4 is 35.0 Å². The predicted octanol–water partition coefficient (Wildman–Crippen LogP) is 3.56. The average molecular weight is 534 g/mol. The number of para-hydroxylation sites is 1. The summed E-state index contributed by atoms with van der Waals surface area (Å²) in [4.78, 5) is 36.8. The van der Waals surface area contributed by atoms with Crippen LogP contribution in [-0.4, -0.2) is 49.5 Å². The number of amides is 3. The Bertz CT molecular complexity index is 1470. The molecule has 1 aliphatic rings. The molecule has 1 aliphatic heterocycles. The van der Waals surface area contributed by atoms with Crippen molar-refractivity contribution < 1.29 is 28.6 Å². The Labute approximate surface area is 225 Å². The number of esters is 1. The summed E-state index contributed by atoms with van der Waals surface area (Å²) in [7, 11) is 2.72. The molecule has 4 rings (SSSR count). The fraction of sp³-hybridized carbons (Fsp3) is 0.286. The van der Waals surface area contributed by atoms with Gasteiger partial charge in [0, 0.05) is 34.4 Å². The number of methoxy groups -OCH3 is 2. The van der Waals surface area contributed by atoms with Crippen LogP contribution in [0.3, 0.4) is 0 Å². The Balaban J connectivity index is 1.43. The standard InChI is InChI=1S/C28H31N5O6/c1-16(2)33-14-19(20-8-6-7-9-21(20)33)13-29-32-24(34)15-39-22-11-10-18(12-23(22)37-4)26-25(27(35)38-5)17(3)30-28(36)31-26/h6-14,16,26H,15H2,1-5H3,(H,32,34)(H2,30,31,36)/b29-13-/t26-/m1/s1. The van der Waals surface area contributed by atoms with E-state index in [1.807, 2.05) is 30.5 Å². The minimum absolute atomic E-state index is 0.265. The third kappa shape index (κ3) is 5.87. The molecule has 3 amide bonds. The summed E-state index contributed by atoms with van der Waals surface area (Å²) in [6.45, 7) is 5.52. The monoisotopic (exact) mass is 533 g/mol. The molecule has 3 aromatic rings. The number of nitrogens with zero attached hydrogens (tertiary/aromatic N) is 2. The van der Waals surface area contributed by atoms with Crippen LogP contribution in [0.2, 0.25) is 0 Å². The number of aromatic nitrogens is 1. The number of nitrogens with one attached hydrogen (secondary N) is 3. The van der Waals surface area contributed by atoms with Crippen LogP contribution in [0.15, 0.2) is 65.0 Å². The fourth-order valence-corrected chi connectivity index (χ4v) is 4.42. The van der Waals surface area contributed by atoms with Gasteiger partial charge >= 0.3 is 12.0 Å². The van der Waals surface area contributed by atoms with Gasteiger partial charge in [0.25, 0.3) is 5.91 Å². The minimum atomic E-state index is -0.756. The van der Waals surface area contributed by atoms with Gasteiger partial charge in [0.15, 0.2) is 18.1 Å². The molecule has 0 unspecified atom stereocenters. The molecule has 0 spiro atoms. The van der Waals surface area contributed by atoms with E-state index in [4.69, 9.17) is 14.2 Å². The molecule has 204 valence electrons. The summed E-state index contributed by atoms with van der Waals surface area (Å²) in [5.41, 5.74) is 5.69. The van der Waals surface area contributed by atoms with Crippen molar-refractivity contribution in [2.75, 3.05) is 20.8 Å². The lowest BCUT2D eigenvalue weighted by Crippen LogP contribution is -2.45. The van der Waals surface area contributed by atoms with Gasteiger partial charge in [-0.25, -0.2) is 15.0 Å². The Kier molecular flexibility index (Phi) is 8.18. The van der Waals surface area contributed by atoms with E-state index in [-0.39, 0.29) is 18.2 Å². The van der Waals surface area contributed by atoms with E-state index >= 15 is 0 Å². The Hall–Kier alpha value is -4.80. The minimum Gasteiger partial charge on any atom is -0.493 e. The highest BCUT2D eigenvalue weighted by Crippen LogP contribution is 2.34. The molecule has 2 heterocycles. The maximum atomic E-state index is 12.4. The second kappa shape index (κ2) is 11.7. The number of carbonyl (C=O) groups excluding carboxylic acids is 3. The second-order valence-corrected chi connectivity index (χ2v) is 9.16. The SMILES string of the molecule is COC(=O)C1=C(C)NC(=O)N[C@@H]1c1ccc(OCC(=O)N/N=C\c2cn(C(C)C)c3ccccc23)c(OC)c1. The van der Waals surface area contributed by atoms with Gasteiger partial charge < -0.3 is 29.4 Å². The topological polar surface area (TPSA) is 132 Å². The number of hydrogen-bond donors (Lipinski definition) is 3. The number of fused-ring (bicyclic) bond motifs is 1. The van der Waals surface area contributed by atoms with Gasteiger partial charge in [0.2, 0.25) is 0 Å². The van der Waals surface area contributed by atoms with E-state index in [0.717, 1.165) is 16.5 Å². The molecular formula is C28H31N5O6. The first-order valence-corrected chi connectivity index (χ1v) is 12.3. The third-order valence-corrected chi connectivity index (χ3v) is 6.27. The number of ether oxygens (including phenoxy) is 3. The van der Waals surface area contributed by atoms with Crippen molar-refractivity contribution in [3.05, 3.63) is 71.1 Å². The third-order valence-electron chi connectivity index (χ3n) is 6.27. The van der Waals surface area contributed by atoms with E-state index in [9.17, 15) is 14.4 Å². The lowest BCUT2D eigenvalue weighted by molar-refractivity contribution is -0.136. The molecule has 39 heavy (non-hydrogen) atoms. The van der Waals surface area contributed by atoms with Crippen molar-refractivity contribution in [3.8, 4) is 11.5 Å². The van der Waals surface area contributed by atoms with Gasteiger partial charge in [-0.15, -0.1) is 0 Å². The van der Waals surface area contributed by atoms with Gasteiger partial charge in [0.05, 0.1) is 32.0 Å². The van der Waals surface area contributed by atoms with Gasteiger partial charge in [-0.2, -0.15) is 5.10 Å². The van der Waals surface area contributed by atoms with Crippen LogP contribution in [0.4, 0.5) is 4.79 Å². The summed E-state index contributed by atoms with van der Waals surface area (Å²) >= 11 is 0. The van der Waals surface area contributed by atoms with Crippen molar-refractivity contribution in [1.82, 2.24) is 20.6 Å². The van der Waals surface area contributed by atoms with E-state index in [2.05, 4.69) is 39.6 Å². The highest BCUT2D eigenvalue weighted by Gasteiger charge is 2.32. The highest BCUT2D eigenvalue weighted by atomic mass is 16.5. The van der Waals surface area contributed by atoms with Crippen LogP contribution in [0.5, 0.6) is 11.5 Å². The second-order valence-electron chi connectivity index (χ2n) is 9.16. The first kappa shape index (κ1) is 27.2. The van der Waals surface area contributed by atoms with Gasteiger partial charge in [-0.3, -0.25) is 4.79 Å². The quantitative estimate of drug-likeness (QED) is 0.219. The molecule has 2 aromatic carbocycles. The first-order chi connectivity index (χ1) is 18.7.